The van der Waals surface area contributed by atoms with Crippen LogP contribution >= 0.6 is 0 Å². The summed E-state index contributed by atoms with van der Waals surface area (Å²) in [5.41, 5.74) is 22.7. The molecule has 1 aromatic heterocycles. The maximum atomic E-state index is 5.82. The van der Waals surface area contributed by atoms with E-state index >= 15 is 0 Å². The predicted molar refractivity (Wildman–Crippen MR) is 391 cm³/mol. The average molecular weight is 1190 g/mol. The van der Waals surface area contributed by atoms with Gasteiger partial charge in [0.1, 0.15) is 0 Å². The molecular weight excluding hydrogens is 1130 g/mol. The Morgan fingerprint density at radius 2 is 0.763 bits per heavy atom. The lowest BCUT2D eigenvalue weighted by Crippen LogP contribution is -2.33. The third-order valence-electron chi connectivity index (χ3n) is 19.0. The van der Waals surface area contributed by atoms with Crippen LogP contribution in [0.25, 0.3) is 60.2 Å². The summed E-state index contributed by atoms with van der Waals surface area (Å²) < 4.78 is 2.54. The Morgan fingerprint density at radius 1 is 0.355 bits per heavy atom. The van der Waals surface area contributed by atoms with Crippen molar-refractivity contribution in [1.82, 2.24) is 4.57 Å². The molecule has 0 fully saturated rings. The fraction of sp³-hybridized carbons (Fsp3) is 0.0227. The van der Waals surface area contributed by atoms with Gasteiger partial charge in [-0.05, 0) is 197 Å². The molecule has 0 bridgehead atoms. The van der Waals surface area contributed by atoms with E-state index in [0.29, 0.717) is 0 Å². The van der Waals surface area contributed by atoms with E-state index in [9.17, 15) is 0 Å². The van der Waals surface area contributed by atoms with Crippen molar-refractivity contribution in [1.29, 1.82) is 0 Å². The van der Waals surface area contributed by atoms with Crippen molar-refractivity contribution in [3.05, 3.63) is 374 Å². The van der Waals surface area contributed by atoms with Gasteiger partial charge in [0, 0.05) is 78.4 Å². The standard InChI is InChI=1S/C88H61N5/c1-3-5-30-63(4-2)89(64-31-9-6-10-32-64)67-47-51-69(52-48-67)91(83-45-23-28-61-26-15-17-37-73(61)83)71-55-57-75-76-58-56-72(60-82(76)88(81(75)59-71)79-41-20-22-44-86(79)93-85-43-21-19-39-77(85)78-40-25-42-80(88)87(78)93)92(84-46-24-29-62-27-16-18-38-74(62)84)70-53-49-68(50-54-70)90(65-33-11-7-12-34-65)66-35-13-8-14-36-66/h1,4-60H,2H3/b30-5-,63-4+. The molecule has 5 heteroatoms. The highest BCUT2D eigenvalue weighted by Gasteiger charge is 2.51. The molecule has 17 rings (SSSR count). The number of allylic oxidation sites excluding steroid dienone is 3. The average Bonchev–Trinajstić information content (AvgIpc) is 1.52. The highest BCUT2D eigenvalue weighted by Crippen LogP contribution is 2.63. The molecule has 1 spiro atoms. The Hall–Kier alpha value is -12.4. The molecule has 0 saturated heterocycles. The number of rotatable bonds is 13. The molecule has 1 unspecified atom stereocenters. The second-order valence-electron chi connectivity index (χ2n) is 23.9. The van der Waals surface area contributed by atoms with E-state index in [-0.39, 0.29) is 0 Å². The number of hydrogen-bond acceptors (Lipinski definition) is 4. The minimum atomic E-state index is -0.809. The van der Waals surface area contributed by atoms with Crippen molar-refractivity contribution in [2.24, 2.45) is 0 Å². The van der Waals surface area contributed by atoms with Gasteiger partial charge in [0.2, 0.25) is 0 Å². The van der Waals surface area contributed by atoms with E-state index in [0.717, 1.165) is 79.0 Å². The van der Waals surface area contributed by atoms with Crippen LogP contribution in [0.1, 0.15) is 29.2 Å². The summed E-state index contributed by atoms with van der Waals surface area (Å²) >= 11 is 0. The van der Waals surface area contributed by atoms with E-state index in [4.69, 9.17) is 6.42 Å². The second-order valence-corrected chi connectivity index (χ2v) is 23.9. The van der Waals surface area contributed by atoms with Crippen molar-refractivity contribution in [2.45, 2.75) is 12.3 Å². The van der Waals surface area contributed by atoms with Gasteiger partial charge in [0.05, 0.1) is 33.5 Å². The SMILES string of the molecule is C#C/C=C\C(=C/C)N(c1ccccc1)c1ccc(N(c2ccc3c(c2)C2(c4cc(N(c5ccc(N(c6ccccc6)c6ccccc6)cc5)c5cccc6ccccc56)ccc4-3)c3ccccc3-n3c4ccccc4c4cccc2c43)c2cccc3ccccc23)cc1. The molecule has 15 aromatic rings. The third kappa shape index (κ3) is 8.79. The summed E-state index contributed by atoms with van der Waals surface area (Å²) in [5, 5.41) is 7.12. The zero-order valence-electron chi connectivity index (χ0n) is 51.2. The molecule has 0 saturated carbocycles. The number of aromatic nitrogens is 1. The Morgan fingerprint density at radius 3 is 1.32 bits per heavy atom. The number of hydrogen-bond donors (Lipinski definition) is 0. The molecule has 438 valence electrons. The van der Waals surface area contributed by atoms with Crippen molar-refractivity contribution >= 4 is 106 Å². The van der Waals surface area contributed by atoms with E-state index in [1.165, 1.54) is 71.6 Å². The van der Waals surface area contributed by atoms with Gasteiger partial charge >= 0.3 is 0 Å². The number of anilines is 11. The largest absolute Gasteiger partial charge is 0.311 e. The number of terminal acetylenes is 1. The first kappa shape index (κ1) is 54.8. The zero-order valence-corrected chi connectivity index (χ0v) is 51.2. The molecule has 0 radical (unpaired) electrons. The first-order valence-corrected chi connectivity index (χ1v) is 31.8. The van der Waals surface area contributed by atoms with Crippen molar-refractivity contribution in [3.8, 4) is 29.2 Å². The van der Waals surface area contributed by atoms with Gasteiger partial charge in [-0.3, -0.25) is 0 Å². The van der Waals surface area contributed by atoms with Crippen LogP contribution < -0.4 is 19.6 Å². The van der Waals surface area contributed by atoms with Crippen molar-refractivity contribution in [3.63, 3.8) is 0 Å². The summed E-state index contributed by atoms with van der Waals surface area (Å²) in [7, 11) is 0. The van der Waals surface area contributed by atoms with Crippen LogP contribution in [0.2, 0.25) is 0 Å². The summed E-state index contributed by atoms with van der Waals surface area (Å²) in [6, 6.07) is 120. The van der Waals surface area contributed by atoms with E-state index in [1.54, 1.807) is 6.08 Å². The van der Waals surface area contributed by atoms with Gasteiger partial charge in [-0.2, -0.15) is 0 Å². The normalized spacial score (nSPS) is 13.7. The first-order valence-electron chi connectivity index (χ1n) is 31.8. The summed E-state index contributed by atoms with van der Waals surface area (Å²) in [6.07, 6.45) is 11.7. The number of benzene rings is 14. The molecule has 0 amide bonds. The smallest absolute Gasteiger partial charge is 0.0756 e. The molecule has 2 aliphatic rings. The second kappa shape index (κ2) is 22.6. The van der Waals surface area contributed by atoms with Gasteiger partial charge < -0.3 is 24.2 Å². The van der Waals surface area contributed by atoms with Crippen molar-refractivity contribution < 1.29 is 0 Å². The molecule has 0 N–H and O–H groups in total. The monoisotopic (exact) mass is 1190 g/mol. The minimum Gasteiger partial charge on any atom is -0.311 e. The van der Waals surface area contributed by atoms with Crippen LogP contribution in [-0.2, 0) is 5.41 Å². The van der Waals surface area contributed by atoms with Gasteiger partial charge in [0.25, 0.3) is 0 Å². The maximum absolute atomic E-state index is 5.82. The molecule has 93 heavy (non-hydrogen) atoms. The fourth-order valence-corrected chi connectivity index (χ4v) is 15.1. The third-order valence-corrected chi connectivity index (χ3v) is 19.0. The van der Waals surface area contributed by atoms with E-state index < -0.39 is 5.41 Å². The van der Waals surface area contributed by atoms with Crippen LogP contribution in [0.15, 0.2) is 352 Å². The molecular formula is C88H61N5. The lowest BCUT2D eigenvalue weighted by Gasteiger charge is -2.40. The Labute approximate surface area is 542 Å². The van der Waals surface area contributed by atoms with Crippen molar-refractivity contribution in [2.75, 3.05) is 19.6 Å². The Bertz CT molecular complexity index is 5440. The topological polar surface area (TPSA) is 17.9 Å². The van der Waals surface area contributed by atoms with Crippen LogP contribution in [-0.4, -0.2) is 4.57 Å². The summed E-state index contributed by atoms with van der Waals surface area (Å²) in [4.78, 5) is 9.53. The Balaban J connectivity index is 0.906. The van der Waals surface area contributed by atoms with E-state index in [1.807, 2.05) is 6.08 Å². The quantitative estimate of drug-likeness (QED) is 0.0845. The highest BCUT2D eigenvalue weighted by atomic mass is 15.2. The molecule has 1 aliphatic heterocycles. The zero-order chi connectivity index (χ0) is 62.0. The van der Waals surface area contributed by atoms with Crippen LogP contribution in [0, 0.1) is 12.3 Å². The molecule has 14 aromatic carbocycles. The van der Waals surface area contributed by atoms with Gasteiger partial charge in [-0.25, -0.2) is 0 Å². The van der Waals surface area contributed by atoms with Gasteiger partial charge in [-0.1, -0.05) is 206 Å². The molecule has 5 nitrogen and oxygen atoms in total. The minimum absolute atomic E-state index is 0.809. The van der Waals surface area contributed by atoms with Gasteiger partial charge in [-0.15, -0.1) is 6.42 Å². The summed E-state index contributed by atoms with van der Waals surface area (Å²) in [5.74, 6) is 2.71. The van der Waals surface area contributed by atoms with E-state index in [2.05, 4.69) is 371 Å². The highest BCUT2D eigenvalue weighted by molar-refractivity contribution is 6.13. The predicted octanol–water partition coefficient (Wildman–Crippen LogP) is 23.4. The Kier molecular flexibility index (Phi) is 13.3. The molecule has 1 aliphatic carbocycles. The van der Waals surface area contributed by atoms with Crippen LogP contribution in [0.3, 0.4) is 0 Å². The van der Waals surface area contributed by atoms with Crippen LogP contribution in [0.4, 0.5) is 62.6 Å². The number of nitrogens with zero attached hydrogens (tertiary/aromatic N) is 5. The fourth-order valence-electron chi connectivity index (χ4n) is 15.1. The molecule has 1 atom stereocenters. The lowest BCUT2D eigenvalue weighted by atomic mass is 9.65. The van der Waals surface area contributed by atoms with Gasteiger partial charge in [0.15, 0.2) is 0 Å². The van der Waals surface area contributed by atoms with Crippen LogP contribution in [0.5, 0.6) is 0 Å². The molecule has 2 heterocycles. The number of para-hydroxylation sites is 6. The first-order chi connectivity index (χ1) is 46.1. The lowest BCUT2D eigenvalue weighted by molar-refractivity contribution is 0.748. The maximum Gasteiger partial charge on any atom is 0.0756 e. The summed E-state index contributed by atoms with van der Waals surface area (Å²) in [6.45, 7) is 2.06. The number of fused-ring (bicyclic) bond motifs is 14.